The second-order valence-electron chi connectivity index (χ2n) is 9.98. The highest BCUT2D eigenvalue weighted by Crippen LogP contribution is 2.53. The third-order valence-electron chi connectivity index (χ3n) is 7.90. The van der Waals surface area contributed by atoms with Crippen LogP contribution >= 0.6 is 0 Å². The highest BCUT2D eigenvalue weighted by molar-refractivity contribution is 6.08. The average Bonchev–Trinajstić information content (AvgIpc) is 3.35. The molecule has 6 nitrogen and oxygen atoms in total. The van der Waals surface area contributed by atoms with Gasteiger partial charge < -0.3 is 9.80 Å². The van der Waals surface area contributed by atoms with Crippen LogP contribution in [0.3, 0.4) is 0 Å². The second kappa shape index (κ2) is 8.03. The van der Waals surface area contributed by atoms with Gasteiger partial charge in [0.2, 0.25) is 0 Å². The monoisotopic (exact) mass is 459 g/mol. The van der Waals surface area contributed by atoms with Crippen molar-refractivity contribution in [1.82, 2.24) is 19.6 Å². The summed E-state index contributed by atoms with van der Waals surface area (Å²) in [6.45, 7) is 3.26. The van der Waals surface area contributed by atoms with Crippen LogP contribution in [-0.4, -0.2) is 58.2 Å². The van der Waals surface area contributed by atoms with Gasteiger partial charge in [-0.15, -0.1) is 0 Å². The van der Waals surface area contributed by atoms with Crippen molar-refractivity contribution in [3.8, 4) is 11.1 Å². The number of carbonyl (C=O) groups excluding carboxylic acids is 1. The molecule has 2 unspecified atom stereocenters. The number of benzene rings is 2. The first-order valence-electron chi connectivity index (χ1n) is 12.1. The number of fused-ring (bicyclic) bond motifs is 2. The Balaban J connectivity index is 1.31. The zero-order chi connectivity index (χ0) is 23.4. The summed E-state index contributed by atoms with van der Waals surface area (Å²) in [5, 5.41) is 4.18. The Bertz CT molecular complexity index is 1260. The molecule has 3 aromatic rings. The molecule has 3 aliphatic rings. The number of halogens is 1. The normalized spacial score (nSPS) is 25.1. The van der Waals surface area contributed by atoms with E-state index in [2.05, 4.69) is 28.0 Å². The maximum absolute atomic E-state index is 15.2. The zero-order valence-corrected chi connectivity index (χ0v) is 19.7. The van der Waals surface area contributed by atoms with Crippen molar-refractivity contribution in [2.24, 2.45) is 7.05 Å². The Morgan fingerprint density at radius 1 is 1.12 bits per heavy atom. The molecule has 6 rings (SSSR count). The number of amides is 1. The minimum Gasteiger partial charge on any atom is -0.306 e. The van der Waals surface area contributed by atoms with E-state index in [0.29, 0.717) is 11.6 Å². The van der Waals surface area contributed by atoms with Crippen molar-refractivity contribution >= 4 is 11.6 Å². The van der Waals surface area contributed by atoms with Crippen LogP contribution in [0.2, 0.25) is 0 Å². The Morgan fingerprint density at radius 3 is 2.68 bits per heavy atom. The third-order valence-corrected chi connectivity index (χ3v) is 7.90. The molecular weight excluding hydrogens is 429 g/mol. The van der Waals surface area contributed by atoms with Gasteiger partial charge >= 0.3 is 0 Å². The molecule has 0 bridgehead atoms. The van der Waals surface area contributed by atoms with Gasteiger partial charge in [-0.05, 0) is 50.6 Å². The average molecular weight is 460 g/mol. The van der Waals surface area contributed by atoms with Gasteiger partial charge in [-0.2, -0.15) is 5.10 Å². The van der Waals surface area contributed by atoms with Crippen molar-refractivity contribution in [3.05, 3.63) is 71.8 Å². The molecule has 2 atom stereocenters. The van der Waals surface area contributed by atoms with Gasteiger partial charge in [0.15, 0.2) is 0 Å². The quantitative estimate of drug-likeness (QED) is 0.596. The first-order chi connectivity index (χ1) is 16.5. The smallest absolute Gasteiger partial charge is 0.252 e. The summed E-state index contributed by atoms with van der Waals surface area (Å²) in [6.07, 6.45) is 6.69. The SMILES string of the molecule is CN1CCCC(N2CCC23C(=O)N(Cc2ccc(-c4cnn(C)c4)cc2F)c2ccccc23)C1. The molecule has 1 spiro atoms. The van der Waals surface area contributed by atoms with Gasteiger partial charge in [-0.1, -0.05) is 30.3 Å². The largest absolute Gasteiger partial charge is 0.306 e. The summed E-state index contributed by atoms with van der Waals surface area (Å²) in [5.41, 5.74) is 3.56. The van der Waals surface area contributed by atoms with E-state index in [0.717, 1.165) is 61.3 Å². The number of likely N-dealkylation sites (tertiary alicyclic amines) is 2. The second-order valence-corrected chi connectivity index (χ2v) is 9.98. The number of carbonyl (C=O) groups is 1. The van der Waals surface area contributed by atoms with Crippen LogP contribution in [-0.2, 0) is 23.9 Å². The van der Waals surface area contributed by atoms with E-state index in [1.165, 1.54) is 0 Å². The van der Waals surface area contributed by atoms with Crippen molar-refractivity contribution in [2.75, 3.05) is 31.6 Å². The molecular formula is C27H30FN5O. The standard InChI is InChI=1S/C27H30FN5O/c1-30-12-5-6-22(18-30)33-13-11-27(33)23-7-3-4-8-25(23)32(26(27)34)17-20-10-9-19(14-24(20)28)21-15-29-31(2)16-21/h3-4,7-10,14-16,22H,5-6,11-13,17-18H2,1-2H3. The van der Waals surface area contributed by atoms with Gasteiger partial charge in [0, 0.05) is 54.8 Å². The first kappa shape index (κ1) is 21.5. The molecule has 7 heteroatoms. The number of hydrogen-bond acceptors (Lipinski definition) is 4. The van der Waals surface area contributed by atoms with Crippen molar-refractivity contribution in [3.63, 3.8) is 0 Å². The van der Waals surface area contributed by atoms with Gasteiger partial charge in [0.1, 0.15) is 11.4 Å². The molecule has 2 aromatic carbocycles. The molecule has 4 heterocycles. The maximum atomic E-state index is 15.2. The van der Waals surface area contributed by atoms with Crippen LogP contribution in [0.1, 0.15) is 30.4 Å². The Kier molecular flexibility index (Phi) is 5.08. The fourth-order valence-electron chi connectivity index (χ4n) is 6.13. The number of hydrogen-bond donors (Lipinski definition) is 0. The molecule has 1 amide bonds. The van der Waals surface area contributed by atoms with Crippen LogP contribution < -0.4 is 4.90 Å². The molecule has 0 N–H and O–H groups in total. The third kappa shape index (κ3) is 3.21. The van der Waals surface area contributed by atoms with Crippen LogP contribution in [0.4, 0.5) is 10.1 Å². The van der Waals surface area contributed by atoms with E-state index in [1.807, 2.05) is 37.5 Å². The van der Waals surface area contributed by atoms with Crippen LogP contribution in [0.15, 0.2) is 54.9 Å². The lowest BCUT2D eigenvalue weighted by molar-refractivity contribution is -0.146. The van der Waals surface area contributed by atoms with Gasteiger partial charge in [0.05, 0.1) is 12.7 Å². The first-order valence-corrected chi connectivity index (χ1v) is 12.1. The number of nitrogens with zero attached hydrogens (tertiary/aromatic N) is 5. The van der Waals surface area contributed by atoms with E-state index in [1.54, 1.807) is 27.9 Å². The molecule has 3 aliphatic heterocycles. The topological polar surface area (TPSA) is 44.6 Å². The van der Waals surface area contributed by atoms with E-state index >= 15 is 4.39 Å². The Hall–Kier alpha value is -3.03. The maximum Gasteiger partial charge on any atom is 0.252 e. The lowest BCUT2D eigenvalue weighted by atomic mass is 9.77. The predicted molar refractivity (Wildman–Crippen MR) is 130 cm³/mol. The Labute approximate surface area is 199 Å². The summed E-state index contributed by atoms with van der Waals surface area (Å²) >= 11 is 0. The summed E-state index contributed by atoms with van der Waals surface area (Å²) in [5.74, 6) is -0.212. The molecule has 0 saturated carbocycles. The number of likely N-dealkylation sites (N-methyl/N-ethyl adjacent to an activating group) is 1. The minimum absolute atomic E-state index is 0.0870. The predicted octanol–water partition coefficient (Wildman–Crippen LogP) is 3.77. The number of piperidine rings is 1. The van der Waals surface area contributed by atoms with Crippen LogP contribution in [0.25, 0.3) is 11.1 Å². The molecule has 0 aliphatic carbocycles. The zero-order valence-electron chi connectivity index (χ0n) is 19.7. The van der Waals surface area contributed by atoms with E-state index in [-0.39, 0.29) is 18.3 Å². The number of anilines is 1. The van der Waals surface area contributed by atoms with E-state index < -0.39 is 5.54 Å². The summed E-state index contributed by atoms with van der Waals surface area (Å²) in [7, 11) is 4.00. The molecule has 34 heavy (non-hydrogen) atoms. The van der Waals surface area contributed by atoms with Gasteiger partial charge in [-0.25, -0.2) is 4.39 Å². The number of para-hydroxylation sites is 1. The van der Waals surface area contributed by atoms with Gasteiger partial charge in [0.25, 0.3) is 5.91 Å². The van der Waals surface area contributed by atoms with Gasteiger partial charge in [-0.3, -0.25) is 14.4 Å². The lowest BCUT2D eigenvalue weighted by Crippen LogP contribution is -2.67. The fraction of sp³-hybridized carbons (Fsp3) is 0.407. The van der Waals surface area contributed by atoms with E-state index in [9.17, 15) is 4.79 Å². The summed E-state index contributed by atoms with van der Waals surface area (Å²) < 4.78 is 16.9. The minimum atomic E-state index is -0.606. The highest BCUT2D eigenvalue weighted by atomic mass is 19.1. The molecule has 2 saturated heterocycles. The summed E-state index contributed by atoms with van der Waals surface area (Å²) in [4.78, 5) is 20.6. The molecule has 0 radical (unpaired) electrons. The number of rotatable bonds is 4. The highest BCUT2D eigenvalue weighted by Gasteiger charge is 2.61. The van der Waals surface area contributed by atoms with Crippen LogP contribution in [0, 0.1) is 5.82 Å². The molecule has 2 fully saturated rings. The fourth-order valence-corrected chi connectivity index (χ4v) is 6.13. The molecule has 176 valence electrons. The van der Waals surface area contributed by atoms with Crippen molar-refractivity contribution in [1.29, 1.82) is 0 Å². The van der Waals surface area contributed by atoms with Crippen LogP contribution in [0.5, 0.6) is 0 Å². The molecule has 1 aromatic heterocycles. The lowest BCUT2D eigenvalue weighted by Gasteiger charge is -2.54. The van der Waals surface area contributed by atoms with Crippen molar-refractivity contribution in [2.45, 2.75) is 37.4 Å². The van der Waals surface area contributed by atoms with E-state index in [4.69, 9.17) is 0 Å². The Morgan fingerprint density at radius 2 is 1.97 bits per heavy atom. The summed E-state index contributed by atoms with van der Waals surface area (Å²) in [6, 6.07) is 13.7. The van der Waals surface area contributed by atoms with Crippen molar-refractivity contribution < 1.29 is 9.18 Å². The number of aryl methyl sites for hydroxylation is 1. The number of aromatic nitrogens is 2.